The van der Waals surface area contributed by atoms with Gasteiger partial charge in [-0.3, -0.25) is 0 Å². The van der Waals surface area contributed by atoms with Crippen molar-refractivity contribution < 1.29 is 114 Å². The maximum Gasteiger partial charge on any atom is 0.573 e. The maximum absolute atomic E-state index is 14.8. The van der Waals surface area contributed by atoms with Crippen LogP contribution in [-0.2, 0) is 23.9 Å². The number of hydrogen-bond donors (Lipinski definition) is 1. The largest absolute Gasteiger partial charge is 0.573 e. The van der Waals surface area contributed by atoms with Gasteiger partial charge in [-0.05, 0) is 97.8 Å². The number of aromatic hydroxyl groups is 1. The Labute approximate surface area is 424 Å². The van der Waals surface area contributed by atoms with Gasteiger partial charge in [0.1, 0.15) is 0 Å². The Kier molecular flexibility index (Phi) is 21.5. The van der Waals surface area contributed by atoms with Crippen LogP contribution in [0.2, 0.25) is 0 Å². The van der Waals surface area contributed by atoms with Gasteiger partial charge >= 0.3 is 44.0 Å². The first-order valence-electron chi connectivity index (χ1n) is 22.0. The Balaban J connectivity index is 0.000000316. The molecule has 4 aromatic carbocycles. The van der Waals surface area contributed by atoms with Crippen LogP contribution >= 0.6 is 0 Å². The molecule has 6 rings (SSSR count). The molecule has 0 bridgehead atoms. The number of halogens is 18. The van der Waals surface area contributed by atoms with Crippen molar-refractivity contribution in [1.29, 1.82) is 0 Å². The lowest BCUT2D eigenvalue weighted by Crippen LogP contribution is -2.34. The second kappa shape index (κ2) is 25.2. The first-order chi connectivity index (χ1) is 34.4. The van der Waals surface area contributed by atoms with Crippen LogP contribution < -0.4 is 9.47 Å². The SMILES string of the molecule is C.CCCC1CC=C(c2ccc(-c3ccc(OC(F)(F)F)c(F)c3C)c(F)c2F)CC1.CCCC1CC=C(c2ccc(-c3ccc(OC(F)(F)F)c(F)c3O)c(F)c2F)CC1.O=S(=O)(OS(=O)(=O)C(F)(F)F)C(F)(F)F. The van der Waals surface area contributed by atoms with Crippen LogP contribution in [0.15, 0.2) is 60.7 Å². The number of allylic oxidation sites excluding steroid dienone is 4. The Bertz CT molecular complexity index is 2780. The molecule has 424 valence electrons. The fourth-order valence-electron chi connectivity index (χ4n) is 7.94. The Morgan fingerprint density at radius 2 is 0.829 bits per heavy atom. The van der Waals surface area contributed by atoms with E-state index in [9.17, 15) is 101 Å². The highest BCUT2D eigenvalue weighted by Gasteiger charge is 2.57. The lowest BCUT2D eigenvalue weighted by atomic mass is 9.84. The maximum atomic E-state index is 14.8. The lowest BCUT2D eigenvalue weighted by Gasteiger charge is -2.22. The molecule has 1 N–H and O–H groups in total. The lowest BCUT2D eigenvalue weighted by molar-refractivity contribution is -0.276. The van der Waals surface area contributed by atoms with E-state index in [1.807, 2.05) is 15.8 Å². The van der Waals surface area contributed by atoms with Gasteiger partial charge in [0.05, 0.1) is 0 Å². The monoisotopic (exact) mass is 1160 g/mol. The van der Waals surface area contributed by atoms with Crippen LogP contribution in [0.3, 0.4) is 0 Å². The molecule has 2 unspecified atom stereocenters. The summed E-state index contributed by atoms with van der Waals surface area (Å²) in [5.41, 5.74) is -12.3. The summed E-state index contributed by atoms with van der Waals surface area (Å²) in [6.07, 6.45) is 2.52. The van der Waals surface area contributed by atoms with Crippen LogP contribution in [-0.4, -0.2) is 45.7 Å². The minimum Gasteiger partial charge on any atom is -0.504 e. The van der Waals surface area contributed by atoms with Gasteiger partial charge in [-0.25, -0.2) is 22.0 Å². The average molecular weight is 1160 g/mol. The van der Waals surface area contributed by atoms with Gasteiger partial charge < -0.3 is 14.6 Å². The highest BCUT2D eigenvalue weighted by atomic mass is 32.3. The third-order valence-corrected chi connectivity index (χ3v) is 14.1. The molecule has 8 nitrogen and oxygen atoms in total. The van der Waals surface area contributed by atoms with Gasteiger partial charge in [0, 0.05) is 27.8 Å². The molecular weight excluding hydrogens is 1110 g/mol. The number of hydrogen-bond acceptors (Lipinski definition) is 8. The Morgan fingerprint density at radius 1 is 0.500 bits per heavy atom. The van der Waals surface area contributed by atoms with Crippen molar-refractivity contribution in [1.82, 2.24) is 0 Å². The third-order valence-electron chi connectivity index (χ3n) is 11.5. The summed E-state index contributed by atoms with van der Waals surface area (Å²) in [5, 5.41) is 9.92. The molecule has 0 saturated heterocycles. The van der Waals surface area contributed by atoms with Gasteiger partial charge in [0.2, 0.25) is 5.82 Å². The fraction of sp³-hybridized carbons (Fsp3) is 0.417. The highest BCUT2D eigenvalue weighted by molar-refractivity contribution is 8.00. The normalized spacial score (nSPS) is 16.5. The van der Waals surface area contributed by atoms with E-state index in [4.69, 9.17) is 0 Å². The quantitative estimate of drug-likeness (QED) is 0.110. The van der Waals surface area contributed by atoms with E-state index in [2.05, 4.69) is 23.3 Å². The summed E-state index contributed by atoms with van der Waals surface area (Å²) in [5.74, 6) is -10.1. The molecule has 2 aliphatic rings. The Morgan fingerprint density at radius 3 is 1.17 bits per heavy atom. The molecule has 0 fully saturated rings. The zero-order chi connectivity index (χ0) is 56.8. The predicted octanol–water partition coefficient (Wildman–Crippen LogP) is 16.7. The topological polar surface area (TPSA) is 116 Å². The van der Waals surface area contributed by atoms with Crippen molar-refractivity contribution in [3.05, 3.63) is 112 Å². The number of benzene rings is 4. The van der Waals surface area contributed by atoms with E-state index >= 15 is 0 Å². The van der Waals surface area contributed by atoms with Crippen molar-refractivity contribution in [2.75, 3.05) is 0 Å². The summed E-state index contributed by atoms with van der Waals surface area (Å²) in [7, 11) is -13.7. The molecule has 76 heavy (non-hydrogen) atoms. The standard InChI is InChI=1S/C23H22F6O.C22H20F6O2.C2F6O5S2.CH4/c1-3-4-14-5-7-15(8-6-14)17-9-10-18(22(26)21(17)25)16-11-12-19(20(24)13(16)2)30-23(27,28)29;1-2-3-12-4-6-13(7-5-12)14-8-9-15(19(24)18(14)23)16-10-11-17(20(25)21(16)29)30-22(26,27)28;3-1(4,5)14(9,10)13-15(11,12)2(6,7)8;/h7,9-12,14H,3-6,8H2,1-2H3;6,8-12,29H,2-5,7H2,1H3;;1H4. The van der Waals surface area contributed by atoms with Gasteiger partial charge in [0.15, 0.2) is 46.3 Å². The second-order valence-corrected chi connectivity index (χ2v) is 20.0. The van der Waals surface area contributed by atoms with E-state index in [0.717, 1.165) is 75.1 Å². The molecule has 0 radical (unpaired) electrons. The molecular formula is C48H46F18O8S2. The highest BCUT2D eigenvalue weighted by Crippen LogP contribution is 2.43. The van der Waals surface area contributed by atoms with Crippen molar-refractivity contribution in [3.63, 3.8) is 0 Å². The summed E-state index contributed by atoms with van der Waals surface area (Å²) in [6, 6.07) is 8.56. The van der Waals surface area contributed by atoms with Gasteiger partial charge in [-0.15, -0.1) is 30.0 Å². The molecule has 0 aliphatic heterocycles. The minimum absolute atomic E-state index is 0. The predicted molar refractivity (Wildman–Crippen MR) is 241 cm³/mol. The summed E-state index contributed by atoms with van der Waals surface area (Å²) in [6.45, 7) is 5.39. The van der Waals surface area contributed by atoms with Crippen LogP contribution in [0.1, 0.15) is 102 Å². The Hall–Kier alpha value is -5.64. The fourth-order valence-corrected chi connectivity index (χ4v) is 9.50. The number of alkyl halides is 12. The zero-order valence-electron chi connectivity index (χ0n) is 38.9. The van der Waals surface area contributed by atoms with E-state index in [0.29, 0.717) is 36.3 Å². The summed E-state index contributed by atoms with van der Waals surface area (Å²) in [4.78, 5) is 0. The number of rotatable bonds is 12. The van der Waals surface area contributed by atoms with Gasteiger partial charge in [-0.2, -0.15) is 47.6 Å². The minimum atomic E-state index is -6.85. The van der Waals surface area contributed by atoms with E-state index in [1.54, 1.807) is 0 Å². The van der Waals surface area contributed by atoms with Crippen LogP contribution in [0.25, 0.3) is 33.4 Å². The van der Waals surface area contributed by atoms with Crippen molar-refractivity contribution in [3.8, 4) is 39.5 Å². The molecule has 0 saturated carbocycles. The third kappa shape index (κ3) is 16.2. The molecule has 2 aliphatic carbocycles. The molecule has 0 spiro atoms. The van der Waals surface area contributed by atoms with Gasteiger partial charge in [-0.1, -0.05) is 89.4 Å². The van der Waals surface area contributed by atoms with E-state index < -0.39 is 107 Å². The first kappa shape index (κ1) is 64.6. The molecule has 0 aromatic heterocycles. The molecule has 0 heterocycles. The smallest absolute Gasteiger partial charge is 0.504 e. The zero-order valence-corrected chi connectivity index (χ0v) is 40.6. The number of phenolic OH excluding ortho intramolecular Hbond substituents is 1. The number of phenols is 1. The van der Waals surface area contributed by atoms with Crippen molar-refractivity contribution in [2.45, 2.75) is 116 Å². The molecule has 2 atom stereocenters. The molecule has 28 heteroatoms. The summed E-state index contributed by atoms with van der Waals surface area (Å²) < 4.78 is 279. The van der Waals surface area contributed by atoms with Crippen molar-refractivity contribution >= 4 is 31.4 Å². The number of ether oxygens (including phenoxy) is 2. The van der Waals surface area contributed by atoms with Crippen LogP contribution in [0.5, 0.6) is 17.2 Å². The second-order valence-electron chi connectivity index (χ2n) is 16.7. The first-order valence-corrected chi connectivity index (χ1v) is 24.8. The summed E-state index contributed by atoms with van der Waals surface area (Å²) >= 11 is 0. The molecule has 4 aromatic rings. The van der Waals surface area contributed by atoms with E-state index in [1.165, 1.54) is 31.2 Å². The van der Waals surface area contributed by atoms with Gasteiger partial charge in [0.25, 0.3) is 0 Å². The van der Waals surface area contributed by atoms with Crippen LogP contribution in [0.4, 0.5) is 79.0 Å². The molecule has 0 amide bonds. The average Bonchev–Trinajstić information content (AvgIpc) is 3.29. The van der Waals surface area contributed by atoms with E-state index in [-0.39, 0.29) is 35.2 Å². The van der Waals surface area contributed by atoms with Crippen molar-refractivity contribution in [2.24, 2.45) is 11.8 Å². The van der Waals surface area contributed by atoms with Crippen LogP contribution in [0, 0.1) is 53.7 Å².